The molecule has 1 aliphatic heterocycles. The highest BCUT2D eigenvalue weighted by atomic mass is 16.5. The van der Waals surface area contributed by atoms with E-state index >= 15 is 0 Å². The van der Waals surface area contributed by atoms with Crippen LogP contribution in [0.1, 0.15) is 27.7 Å². The molecule has 112 valence electrons. The van der Waals surface area contributed by atoms with Crippen LogP contribution in [0.4, 0.5) is 0 Å². The second-order valence-corrected chi connectivity index (χ2v) is 4.59. The average molecular weight is 287 g/mol. The van der Waals surface area contributed by atoms with Gasteiger partial charge in [-0.1, -0.05) is 24.3 Å². The van der Waals surface area contributed by atoms with Crippen molar-refractivity contribution in [1.29, 1.82) is 0 Å². The topological polar surface area (TPSA) is 64.9 Å². The van der Waals surface area contributed by atoms with Crippen LogP contribution in [0.3, 0.4) is 0 Å². The van der Waals surface area contributed by atoms with Crippen molar-refractivity contribution in [2.24, 2.45) is 4.99 Å². The van der Waals surface area contributed by atoms with Gasteiger partial charge in [0.2, 0.25) is 0 Å². The van der Waals surface area contributed by atoms with E-state index < -0.39 is 5.91 Å². The van der Waals surface area contributed by atoms with E-state index in [4.69, 9.17) is 0 Å². The first-order valence-corrected chi connectivity index (χ1v) is 6.63. The molecule has 0 bridgehead atoms. The van der Waals surface area contributed by atoms with Crippen LogP contribution in [-0.2, 0) is 4.79 Å². The number of hydrogen-bond acceptors (Lipinski definition) is 4. The molecule has 0 aromatic rings. The lowest BCUT2D eigenvalue weighted by atomic mass is 10.0. The van der Waals surface area contributed by atoms with Gasteiger partial charge in [0.25, 0.3) is 5.91 Å². The largest absolute Gasteiger partial charge is 0.355 e. The molecule has 0 spiro atoms. The summed E-state index contributed by atoms with van der Waals surface area (Å²) < 4.78 is 0. The van der Waals surface area contributed by atoms with Gasteiger partial charge in [-0.05, 0) is 33.8 Å². The van der Waals surface area contributed by atoms with E-state index in [1.165, 1.54) is 12.3 Å². The molecule has 1 heterocycles. The van der Waals surface area contributed by atoms with Crippen LogP contribution in [0.5, 0.6) is 0 Å². The number of amidine groups is 1. The Bertz CT molecular complexity index is 589. The first kappa shape index (κ1) is 16.7. The lowest BCUT2D eigenvalue weighted by Crippen LogP contribution is -2.40. The third-order valence-corrected chi connectivity index (χ3v) is 2.82. The minimum absolute atomic E-state index is 0.163. The molecule has 1 rings (SSSR count). The number of carbonyl (C=O) groups excluding carboxylic acids is 1. The molecule has 0 fully saturated rings. The van der Waals surface area contributed by atoms with E-state index in [0.29, 0.717) is 16.3 Å². The summed E-state index contributed by atoms with van der Waals surface area (Å²) in [7, 11) is 0. The summed E-state index contributed by atoms with van der Waals surface area (Å²) in [6, 6.07) is 0. The Morgan fingerprint density at radius 1 is 1.43 bits per heavy atom. The molecule has 0 radical (unpaired) electrons. The Hall–Kier alpha value is -2.40. The fourth-order valence-electron chi connectivity index (χ4n) is 1.93. The molecule has 1 amide bonds. The fraction of sp³-hybridized carbons (Fsp3) is 0.250. The van der Waals surface area contributed by atoms with E-state index in [9.17, 15) is 10.0 Å². The summed E-state index contributed by atoms with van der Waals surface area (Å²) in [4.78, 5) is 15.9. The first-order chi connectivity index (χ1) is 9.96. The van der Waals surface area contributed by atoms with Crippen molar-refractivity contribution < 1.29 is 10.0 Å². The molecule has 2 N–H and O–H groups in total. The van der Waals surface area contributed by atoms with E-state index in [0.717, 1.165) is 11.3 Å². The van der Waals surface area contributed by atoms with Gasteiger partial charge in [0.15, 0.2) is 5.84 Å². The zero-order chi connectivity index (χ0) is 16.0. The predicted octanol–water partition coefficient (Wildman–Crippen LogP) is 3.05. The van der Waals surface area contributed by atoms with Crippen molar-refractivity contribution in [3.05, 3.63) is 59.6 Å². The quantitative estimate of drug-likeness (QED) is 0.617. The average Bonchev–Trinajstić information content (AvgIpc) is 2.43. The Morgan fingerprint density at radius 3 is 2.57 bits per heavy atom. The number of nitrogens with zero attached hydrogens (tertiary/aromatic N) is 2. The standard InChI is InChI=1S/C16H21N3O2/c1-6-9-12(7-2)18-13-10-14(20)19(21)16(17-8-3)15(13)11(4)5/h6-10,18,21H,3H2,1-2,4-5H3/b9-6-,12-7+,17-16?. The van der Waals surface area contributed by atoms with Crippen LogP contribution in [0, 0.1) is 0 Å². The van der Waals surface area contributed by atoms with Crippen LogP contribution in [-0.4, -0.2) is 22.0 Å². The van der Waals surface area contributed by atoms with Crippen LogP contribution < -0.4 is 5.32 Å². The Balaban J connectivity index is 3.38. The molecule has 21 heavy (non-hydrogen) atoms. The number of aliphatic imine (C=N–C) groups is 1. The number of carbonyl (C=O) groups is 1. The third kappa shape index (κ3) is 3.79. The Labute approximate surface area is 125 Å². The lowest BCUT2D eigenvalue weighted by Gasteiger charge is -2.27. The number of nitrogens with one attached hydrogen (secondary N) is 1. The molecule has 0 aliphatic carbocycles. The van der Waals surface area contributed by atoms with Crippen molar-refractivity contribution in [2.45, 2.75) is 27.7 Å². The summed E-state index contributed by atoms with van der Waals surface area (Å²) in [5.41, 5.74) is 3.02. The van der Waals surface area contributed by atoms with Gasteiger partial charge in [0, 0.05) is 23.5 Å². The molecular formula is C16H21N3O2. The summed E-state index contributed by atoms with van der Waals surface area (Å²) in [5.74, 6) is -0.394. The van der Waals surface area contributed by atoms with Crippen LogP contribution in [0.2, 0.25) is 0 Å². The molecule has 1 aliphatic rings. The van der Waals surface area contributed by atoms with Crippen molar-refractivity contribution in [1.82, 2.24) is 10.4 Å². The monoisotopic (exact) mass is 287 g/mol. The summed E-state index contributed by atoms with van der Waals surface area (Å²) in [6.07, 6.45) is 8.32. The highest BCUT2D eigenvalue weighted by Gasteiger charge is 2.29. The van der Waals surface area contributed by atoms with Gasteiger partial charge >= 0.3 is 0 Å². The zero-order valence-electron chi connectivity index (χ0n) is 12.8. The molecular weight excluding hydrogens is 266 g/mol. The molecule has 0 aromatic carbocycles. The van der Waals surface area contributed by atoms with Crippen molar-refractivity contribution >= 4 is 11.7 Å². The minimum Gasteiger partial charge on any atom is -0.355 e. The minimum atomic E-state index is -0.556. The van der Waals surface area contributed by atoms with Crippen LogP contribution >= 0.6 is 0 Å². The zero-order valence-corrected chi connectivity index (χ0v) is 12.8. The molecule has 0 aromatic heterocycles. The van der Waals surface area contributed by atoms with Gasteiger partial charge in [0.1, 0.15) is 0 Å². The predicted molar refractivity (Wildman–Crippen MR) is 84.4 cm³/mol. The SMILES string of the molecule is C=CN=C1C(=C(C)C)C(NC(/C=C\C)=C/C)=CC(=O)N1O. The Kier molecular flexibility index (Phi) is 5.87. The Morgan fingerprint density at radius 2 is 2.10 bits per heavy atom. The van der Waals surface area contributed by atoms with Gasteiger partial charge in [0.05, 0.1) is 5.70 Å². The van der Waals surface area contributed by atoms with Crippen LogP contribution in [0.25, 0.3) is 0 Å². The molecule has 0 saturated carbocycles. The van der Waals surface area contributed by atoms with Gasteiger partial charge in [-0.2, -0.15) is 5.06 Å². The second-order valence-electron chi connectivity index (χ2n) is 4.59. The normalized spacial score (nSPS) is 18.3. The number of rotatable bonds is 4. The summed E-state index contributed by atoms with van der Waals surface area (Å²) >= 11 is 0. The van der Waals surface area contributed by atoms with Gasteiger partial charge in [-0.25, -0.2) is 4.99 Å². The summed E-state index contributed by atoms with van der Waals surface area (Å²) in [5, 5.41) is 13.6. The molecule has 0 unspecified atom stereocenters. The van der Waals surface area contributed by atoms with E-state index in [1.54, 1.807) is 0 Å². The number of allylic oxidation sites excluding steroid dienone is 4. The van der Waals surface area contributed by atoms with Crippen molar-refractivity contribution in [3.63, 3.8) is 0 Å². The number of amides is 1. The van der Waals surface area contributed by atoms with Gasteiger partial charge in [-0.3, -0.25) is 10.0 Å². The lowest BCUT2D eigenvalue weighted by molar-refractivity contribution is -0.143. The smallest absolute Gasteiger partial charge is 0.278 e. The molecule has 5 nitrogen and oxygen atoms in total. The summed E-state index contributed by atoms with van der Waals surface area (Å²) in [6.45, 7) is 11.1. The number of hydrogen-bond donors (Lipinski definition) is 2. The second kappa shape index (κ2) is 7.40. The maximum absolute atomic E-state index is 11.9. The maximum Gasteiger partial charge on any atom is 0.278 e. The van der Waals surface area contributed by atoms with Crippen molar-refractivity contribution in [3.8, 4) is 0 Å². The van der Waals surface area contributed by atoms with Crippen molar-refractivity contribution in [2.75, 3.05) is 0 Å². The highest BCUT2D eigenvalue weighted by molar-refractivity contribution is 6.16. The van der Waals surface area contributed by atoms with Crippen LogP contribution in [0.15, 0.2) is 64.6 Å². The van der Waals surface area contributed by atoms with E-state index in [-0.39, 0.29) is 5.84 Å². The molecule has 5 heteroatoms. The fourth-order valence-corrected chi connectivity index (χ4v) is 1.93. The molecule has 0 saturated heterocycles. The van der Waals surface area contributed by atoms with Gasteiger partial charge in [-0.15, -0.1) is 0 Å². The maximum atomic E-state index is 11.9. The molecule has 0 atom stereocenters. The third-order valence-electron chi connectivity index (χ3n) is 2.82. The van der Waals surface area contributed by atoms with E-state index in [2.05, 4.69) is 16.9 Å². The van der Waals surface area contributed by atoms with Gasteiger partial charge < -0.3 is 5.32 Å². The first-order valence-electron chi connectivity index (χ1n) is 6.63. The number of hydroxylamine groups is 2. The highest BCUT2D eigenvalue weighted by Crippen LogP contribution is 2.23. The van der Waals surface area contributed by atoms with E-state index in [1.807, 2.05) is 45.9 Å².